The lowest BCUT2D eigenvalue weighted by molar-refractivity contribution is -0.137. The molecule has 1 N–H and O–H groups in total. The maximum Gasteiger partial charge on any atom is 0.303 e. The number of carbonyl (C=O) groups is 1. The van der Waals surface area contributed by atoms with Crippen molar-refractivity contribution >= 4 is 13.8 Å². The third-order valence-corrected chi connectivity index (χ3v) is 1.34. The Hall–Kier alpha value is -0.465. The van der Waals surface area contributed by atoms with Gasteiger partial charge in [0, 0.05) is 6.42 Å². The van der Waals surface area contributed by atoms with Gasteiger partial charge in [0.2, 0.25) is 0 Å². The van der Waals surface area contributed by atoms with Crippen LogP contribution in [0, 0.1) is 0 Å². The molecule has 0 saturated carbocycles. The van der Waals surface area contributed by atoms with Crippen LogP contribution in [0.4, 0.5) is 0 Å². The highest BCUT2D eigenvalue weighted by Crippen LogP contribution is 2.03. The van der Waals surface area contributed by atoms with Gasteiger partial charge in [-0.2, -0.15) is 0 Å². The zero-order chi connectivity index (χ0) is 7.82. The first kappa shape index (κ1) is 9.53. The third kappa shape index (κ3) is 7.53. The predicted molar refractivity (Wildman–Crippen MR) is 41.3 cm³/mol. The molecule has 0 aliphatic carbocycles. The smallest absolute Gasteiger partial charge is 0.303 e. The van der Waals surface area contributed by atoms with E-state index >= 15 is 0 Å². The van der Waals surface area contributed by atoms with Gasteiger partial charge >= 0.3 is 5.97 Å². The highest BCUT2D eigenvalue weighted by molar-refractivity contribution is 6.08. The summed E-state index contributed by atoms with van der Waals surface area (Å²) in [4.78, 5) is 10.0. The fourth-order valence-corrected chi connectivity index (χ4v) is 0.774. The molecule has 0 fully saturated rings. The Morgan fingerprint density at radius 1 is 1.20 bits per heavy atom. The summed E-state index contributed by atoms with van der Waals surface area (Å²) >= 11 is 0. The van der Waals surface area contributed by atoms with Gasteiger partial charge in [-0.15, -0.1) is 0 Å². The standard InChI is InChI=1S/C7H13BO2/c8-6-4-2-1-3-5-7(9)10/h1-6H2,(H,9,10). The van der Waals surface area contributed by atoms with Gasteiger partial charge in [-0.3, -0.25) is 4.79 Å². The molecule has 0 aliphatic rings. The molecule has 0 unspecified atom stereocenters. The Bertz CT molecular complexity index is 93.6. The molecule has 0 aromatic carbocycles. The second-order valence-electron chi connectivity index (χ2n) is 2.35. The van der Waals surface area contributed by atoms with Crippen molar-refractivity contribution in [3.8, 4) is 0 Å². The molecule has 0 rings (SSSR count). The summed E-state index contributed by atoms with van der Waals surface area (Å²) in [5.74, 6) is -0.701. The summed E-state index contributed by atoms with van der Waals surface area (Å²) in [7, 11) is 5.25. The van der Waals surface area contributed by atoms with Crippen LogP contribution in [-0.2, 0) is 4.79 Å². The second kappa shape index (κ2) is 6.65. The van der Waals surface area contributed by atoms with Gasteiger partial charge < -0.3 is 5.11 Å². The normalized spacial score (nSPS) is 9.60. The quantitative estimate of drug-likeness (QED) is 0.449. The molecule has 2 nitrogen and oxygen atoms in total. The van der Waals surface area contributed by atoms with Crippen LogP contribution in [0.1, 0.15) is 32.1 Å². The fourth-order valence-electron chi connectivity index (χ4n) is 0.774. The Balaban J connectivity index is 2.84. The molecule has 0 aliphatic heterocycles. The molecule has 56 valence electrons. The first-order valence-corrected chi connectivity index (χ1v) is 3.69. The summed E-state index contributed by atoms with van der Waals surface area (Å²) in [6.45, 7) is 0. The molecule has 0 atom stereocenters. The van der Waals surface area contributed by atoms with Gasteiger partial charge in [0.1, 0.15) is 0 Å². The molecule has 0 heterocycles. The van der Waals surface area contributed by atoms with Crippen molar-refractivity contribution in [1.82, 2.24) is 0 Å². The SMILES string of the molecule is [B]CCCCCCC(=O)O. The largest absolute Gasteiger partial charge is 0.481 e. The second-order valence-corrected chi connectivity index (χ2v) is 2.35. The van der Waals surface area contributed by atoms with E-state index in [2.05, 4.69) is 0 Å². The first-order valence-electron chi connectivity index (χ1n) is 3.69. The van der Waals surface area contributed by atoms with Crippen molar-refractivity contribution in [2.45, 2.75) is 38.4 Å². The van der Waals surface area contributed by atoms with Crippen LogP contribution in [0.2, 0.25) is 6.32 Å². The number of aliphatic carboxylic acids is 1. The minimum atomic E-state index is -0.701. The van der Waals surface area contributed by atoms with Crippen molar-refractivity contribution in [1.29, 1.82) is 0 Å². The van der Waals surface area contributed by atoms with E-state index in [9.17, 15) is 4.79 Å². The monoisotopic (exact) mass is 140 g/mol. The third-order valence-electron chi connectivity index (χ3n) is 1.34. The lowest BCUT2D eigenvalue weighted by Crippen LogP contribution is -1.93. The lowest BCUT2D eigenvalue weighted by Gasteiger charge is -1.95. The molecule has 3 heteroatoms. The van der Waals surface area contributed by atoms with Gasteiger partial charge in [0.15, 0.2) is 0 Å². The molecule has 0 saturated heterocycles. The van der Waals surface area contributed by atoms with E-state index in [1.54, 1.807) is 0 Å². The Morgan fingerprint density at radius 3 is 2.30 bits per heavy atom. The molecule has 0 bridgehead atoms. The molecule has 2 radical (unpaired) electrons. The molecule has 0 aromatic rings. The maximum atomic E-state index is 10.0. The van der Waals surface area contributed by atoms with Gasteiger partial charge in [0.05, 0.1) is 7.85 Å². The van der Waals surface area contributed by atoms with Crippen LogP contribution in [0.15, 0.2) is 0 Å². The van der Waals surface area contributed by atoms with Gasteiger partial charge in [0.25, 0.3) is 0 Å². The molecule has 0 spiro atoms. The van der Waals surface area contributed by atoms with Crippen LogP contribution >= 0.6 is 0 Å². The highest BCUT2D eigenvalue weighted by Gasteiger charge is 1.94. The fraction of sp³-hybridized carbons (Fsp3) is 0.857. The number of carboxylic acids is 1. The van der Waals surface area contributed by atoms with E-state index in [0.717, 1.165) is 25.7 Å². The van der Waals surface area contributed by atoms with E-state index < -0.39 is 5.97 Å². The van der Waals surface area contributed by atoms with E-state index in [1.807, 2.05) is 0 Å². The Labute approximate surface area is 63.0 Å². The minimum absolute atomic E-state index is 0.296. The predicted octanol–water partition coefficient (Wildman–Crippen LogP) is 1.61. The molecular weight excluding hydrogens is 127 g/mol. The van der Waals surface area contributed by atoms with Crippen molar-refractivity contribution in [2.75, 3.05) is 0 Å². The maximum absolute atomic E-state index is 10.0. The van der Waals surface area contributed by atoms with Gasteiger partial charge in [-0.05, 0) is 6.42 Å². The molecular formula is C7H13BO2. The summed E-state index contributed by atoms with van der Waals surface area (Å²) in [5, 5.41) is 8.25. The summed E-state index contributed by atoms with van der Waals surface area (Å²) in [5.41, 5.74) is 0. The zero-order valence-corrected chi connectivity index (χ0v) is 6.18. The van der Waals surface area contributed by atoms with Gasteiger partial charge in [-0.1, -0.05) is 25.6 Å². The van der Waals surface area contributed by atoms with Crippen LogP contribution < -0.4 is 0 Å². The zero-order valence-electron chi connectivity index (χ0n) is 6.18. The Kier molecular flexibility index (Phi) is 6.34. The van der Waals surface area contributed by atoms with Crippen molar-refractivity contribution in [3.63, 3.8) is 0 Å². The molecule has 0 amide bonds. The van der Waals surface area contributed by atoms with Crippen molar-refractivity contribution in [3.05, 3.63) is 0 Å². The summed E-state index contributed by atoms with van der Waals surface area (Å²) in [6.07, 6.45) is 4.86. The van der Waals surface area contributed by atoms with Crippen molar-refractivity contribution in [2.24, 2.45) is 0 Å². The summed E-state index contributed by atoms with van der Waals surface area (Å²) in [6, 6.07) is 0. The number of hydrogen-bond acceptors (Lipinski definition) is 1. The van der Waals surface area contributed by atoms with E-state index in [1.165, 1.54) is 0 Å². The van der Waals surface area contributed by atoms with Gasteiger partial charge in [-0.25, -0.2) is 0 Å². The van der Waals surface area contributed by atoms with E-state index in [4.69, 9.17) is 13.0 Å². The summed E-state index contributed by atoms with van der Waals surface area (Å²) < 4.78 is 0. The molecule has 0 aromatic heterocycles. The van der Waals surface area contributed by atoms with Crippen molar-refractivity contribution < 1.29 is 9.90 Å². The topological polar surface area (TPSA) is 37.3 Å². The number of hydrogen-bond donors (Lipinski definition) is 1. The average molecular weight is 140 g/mol. The average Bonchev–Trinajstić information content (AvgIpc) is 1.87. The number of unbranched alkanes of at least 4 members (excludes halogenated alkanes) is 3. The van der Waals surface area contributed by atoms with E-state index in [-0.39, 0.29) is 0 Å². The lowest BCUT2D eigenvalue weighted by atomic mass is 9.99. The van der Waals surface area contributed by atoms with Crippen LogP contribution in [0.3, 0.4) is 0 Å². The molecule has 10 heavy (non-hydrogen) atoms. The van der Waals surface area contributed by atoms with Crippen LogP contribution in [-0.4, -0.2) is 18.9 Å². The van der Waals surface area contributed by atoms with E-state index in [0.29, 0.717) is 12.7 Å². The minimum Gasteiger partial charge on any atom is -0.481 e. The number of carboxylic acid groups (broad SMARTS) is 1. The van der Waals surface area contributed by atoms with Crippen LogP contribution in [0.5, 0.6) is 0 Å². The Morgan fingerprint density at radius 2 is 1.80 bits per heavy atom. The number of rotatable bonds is 6. The first-order chi connectivity index (χ1) is 4.77. The highest BCUT2D eigenvalue weighted by atomic mass is 16.4. The van der Waals surface area contributed by atoms with Crippen LogP contribution in [0.25, 0.3) is 0 Å².